The molecule has 3 amide bonds. The molecule has 2 aromatic heterocycles. The number of hydrogen-bond acceptors (Lipinski definition) is 11. The van der Waals surface area contributed by atoms with Gasteiger partial charge in [-0.3, -0.25) is 19.0 Å². The van der Waals surface area contributed by atoms with Gasteiger partial charge in [-0.05, 0) is 96.9 Å². The molecule has 3 N–H and O–H groups in total. The summed E-state index contributed by atoms with van der Waals surface area (Å²) in [6.07, 6.45) is 8.22. The lowest BCUT2D eigenvalue weighted by Crippen LogP contribution is -2.55. The number of carbonyl (C=O) groups is 4. The van der Waals surface area contributed by atoms with Crippen LogP contribution in [0.4, 0.5) is 4.79 Å². The number of ether oxygens (including phenoxy) is 2. The Morgan fingerprint density at radius 2 is 1.82 bits per heavy atom. The fourth-order valence-electron chi connectivity index (χ4n) is 8.46. The van der Waals surface area contributed by atoms with Crippen molar-refractivity contribution >= 4 is 56.3 Å². The lowest BCUT2D eigenvalue weighted by atomic mass is 9.83. The van der Waals surface area contributed by atoms with Gasteiger partial charge in [-0.25, -0.2) is 14.5 Å². The van der Waals surface area contributed by atoms with Crippen LogP contribution in [0.3, 0.4) is 0 Å². The highest BCUT2D eigenvalue weighted by Crippen LogP contribution is 2.46. The Bertz CT molecular complexity index is 2610. The maximum Gasteiger partial charge on any atom is 0.408 e. The predicted octanol–water partition coefficient (Wildman–Crippen LogP) is 7.50. The summed E-state index contributed by atoms with van der Waals surface area (Å²) in [4.78, 5) is 66.3. The van der Waals surface area contributed by atoms with E-state index in [0.717, 1.165) is 38.9 Å². The number of allylic oxidation sites excluding steroid dienone is 1. The number of hydrogen-bond donors (Lipinski definition) is 3. The topological polar surface area (TPSA) is 191 Å². The van der Waals surface area contributed by atoms with Gasteiger partial charge in [0.25, 0.3) is 11.9 Å². The summed E-state index contributed by atoms with van der Waals surface area (Å²) in [7, 11) is -1.56. The minimum atomic E-state index is -4.17. The van der Waals surface area contributed by atoms with E-state index in [1.54, 1.807) is 38.2 Å². The molecule has 3 heterocycles. The summed E-state index contributed by atoms with van der Waals surface area (Å²) >= 11 is 1.55. The van der Waals surface area contributed by atoms with E-state index in [2.05, 4.69) is 51.9 Å². The molecule has 7 rings (SSSR count). The number of rotatable bonds is 10. The number of nitrogens with zero attached hydrogens (tertiary/aromatic N) is 4. The smallest absolute Gasteiger partial charge is 0.408 e. The van der Waals surface area contributed by atoms with Gasteiger partial charge < -0.3 is 20.1 Å². The quantitative estimate of drug-likeness (QED) is 0.134. The largest absolute Gasteiger partial charge is 0.461 e. The second-order valence-electron chi connectivity index (χ2n) is 18.9. The molecule has 2 bridgehead atoms. The zero-order valence-corrected chi connectivity index (χ0v) is 40.1. The van der Waals surface area contributed by atoms with Crippen molar-refractivity contribution in [3.8, 4) is 16.6 Å². The Morgan fingerprint density at radius 3 is 2.52 bits per heavy atom. The number of aryl methyl sites for hydroxylation is 1. The number of aromatic nitrogens is 3. The monoisotopic (exact) mass is 927 g/mol. The van der Waals surface area contributed by atoms with Crippen molar-refractivity contribution in [1.29, 1.82) is 0 Å². The number of nitrogens with one attached hydrogen (secondary N) is 3. The van der Waals surface area contributed by atoms with Crippen molar-refractivity contribution in [3.05, 3.63) is 88.5 Å². The number of carbonyl (C=O) groups excluding carboxylic acids is 4. The van der Waals surface area contributed by atoms with Crippen LogP contribution in [0.2, 0.25) is 0 Å². The van der Waals surface area contributed by atoms with Crippen molar-refractivity contribution in [2.24, 2.45) is 11.8 Å². The van der Waals surface area contributed by atoms with Crippen molar-refractivity contribution in [3.63, 3.8) is 0 Å². The van der Waals surface area contributed by atoms with Crippen LogP contribution >= 0.6 is 11.3 Å². The number of benzene rings is 2. The third kappa shape index (κ3) is 11.2. The van der Waals surface area contributed by atoms with Crippen molar-refractivity contribution in [2.75, 3.05) is 14.1 Å². The summed E-state index contributed by atoms with van der Waals surface area (Å²) < 4.78 is 43.1. The third-order valence-electron chi connectivity index (χ3n) is 12.0. The Labute approximate surface area is 385 Å². The molecular weight excluding hydrogens is 867 g/mol. The molecule has 2 aromatic carbocycles. The molecule has 5 atom stereocenters. The van der Waals surface area contributed by atoms with Gasteiger partial charge in [0.2, 0.25) is 5.91 Å². The summed E-state index contributed by atoms with van der Waals surface area (Å²) in [5.41, 5.74) is 3.64. The second kappa shape index (κ2) is 19.2. The van der Waals surface area contributed by atoms with Crippen LogP contribution in [-0.2, 0) is 35.8 Å². The van der Waals surface area contributed by atoms with Crippen LogP contribution < -0.4 is 20.1 Å². The van der Waals surface area contributed by atoms with Gasteiger partial charge in [0.15, 0.2) is 5.78 Å². The highest BCUT2D eigenvalue weighted by atomic mass is 32.2. The number of fused-ring (bicyclic) bond motifs is 3. The molecule has 0 spiro atoms. The lowest BCUT2D eigenvalue weighted by Gasteiger charge is -2.31. The van der Waals surface area contributed by atoms with Crippen LogP contribution in [0, 0.1) is 18.8 Å². The minimum absolute atomic E-state index is 0.101. The third-order valence-corrected chi connectivity index (χ3v) is 14.3. The van der Waals surface area contributed by atoms with E-state index in [9.17, 15) is 27.6 Å². The predicted molar refractivity (Wildman–Crippen MR) is 251 cm³/mol. The number of para-hydroxylation sites is 1. The molecule has 1 aliphatic heterocycles. The number of amides is 3. The number of imidazole rings is 1. The molecule has 4 aromatic rings. The van der Waals surface area contributed by atoms with Gasteiger partial charge in [-0.2, -0.15) is 17.7 Å². The van der Waals surface area contributed by atoms with Crippen molar-refractivity contribution < 1.29 is 37.1 Å². The van der Waals surface area contributed by atoms with E-state index in [1.165, 1.54) is 25.2 Å². The first-order valence-corrected chi connectivity index (χ1v) is 24.7. The first-order chi connectivity index (χ1) is 30.7. The Balaban J connectivity index is 1.23. The molecule has 0 unspecified atom stereocenters. The van der Waals surface area contributed by atoms with E-state index in [-0.39, 0.29) is 36.7 Å². The van der Waals surface area contributed by atoms with E-state index in [4.69, 9.17) is 19.4 Å². The Kier molecular flexibility index (Phi) is 14.1. The lowest BCUT2D eigenvalue weighted by molar-refractivity contribution is -0.131. The fraction of sp³-hybridized carbons (Fsp3) is 0.500. The molecule has 348 valence electrons. The van der Waals surface area contributed by atoms with Gasteiger partial charge in [0.1, 0.15) is 27.8 Å². The normalized spacial score (nSPS) is 23.6. The average molecular weight is 928 g/mol. The number of ketones is 1. The standard InChI is InChI=1S/C48H61N7O8S2/c1-29(2)55-39-18-14-16-37(43-49-35(28-64-43)23-31-21-19-30(3)20-22-31)40(39)51-45(55)62-36-25-32-24-33(26-36)42(57)52-48(44(58)53-65(60,61)54(7)8)27-34(48)15-12-10-9-11-13-17-38(41(32)56)50-46(59)63-47(4,5)6/h12,14-16,18-22,24,28-29,33-34,36,38H,9-11,13,17,23,25-27H2,1-8H3,(H,50,59)(H,52,57)(H,53,58)/b15-12-/t33-,34+,36-,38-,48+/m0/s1. The first kappa shape index (κ1) is 47.6. The van der Waals surface area contributed by atoms with Crippen molar-refractivity contribution in [1.82, 2.24) is 34.2 Å². The van der Waals surface area contributed by atoms with Crippen LogP contribution in [-0.4, -0.2) is 88.3 Å². The molecule has 17 heteroatoms. The zero-order chi connectivity index (χ0) is 46.8. The summed E-state index contributed by atoms with van der Waals surface area (Å²) in [6.45, 7) is 11.4. The van der Waals surface area contributed by atoms with Gasteiger partial charge in [-0.1, -0.05) is 67.0 Å². The summed E-state index contributed by atoms with van der Waals surface area (Å²) in [6, 6.07) is 13.6. The fourth-order valence-corrected chi connectivity index (χ4v) is 9.90. The highest BCUT2D eigenvalue weighted by molar-refractivity contribution is 7.87. The van der Waals surface area contributed by atoms with Gasteiger partial charge in [-0.15, -0.1) is 11.3 Å². The van der Waals surface area contributed by atoms with Gasteiger partial charge in [0.05, 0.1) is 23.2 Å². The minimum Gasteiger partial charge on any atom is -0.461 e. The average Bonchev–Trinajstić information content (AvgIpc) is 3.51. The SMILES string of the molecule is Cc1ccc(Cc2csc(-c3cccc4c3nc(O[C@H]3CC5=C[C@@H](C3)C(=O)N[C@]3(C(=O)NS(=O)(=O)N(C)C)C[C@H]3/C=C\CCCCC[C@H](NC(=O)OC(C)(C)C)C5=O)n4C(C)C)n2)cc1. The van der Waals surface area contributed by atoms with Crippen LogP contribution in [0.25, 0.3) is 21.6 Å². The summed E-state index contributed by atoms with van der Waals surface area (Å²) in [5.74, 6) is -3.20. The van der Waals surface area contributed by atoms with Crippen LogP contribution in [0.1, 0.15) is 109 Å². The molecule has 0 radical (unpaired) electrons. The number of alkyl carbamates (subject to hydrolysis) is 1. The number of Topliss-reactive ketones (excluding diaryl/α,β-unsaturated/α-hetero) is 1. The molecule has 1 fully saturated rings. The summed E-state index contributed by atoms with van der Waals surface area (Å²) in [5, 5.41) is 8.61. The van der Waals surface area contributed by atoms with Gasteiger partial charge in [0, 0.05) is 49.8 Å². The van der Waals surface area contributed by atoms with E-state index < -0.39 is 63.2 Å². The molecule has 65 heavy (non-hydrogen) atoms. The van der Waals surface area contributed by atoms with E-state index in [0.29, 0.717) is 37.2 Å². The Morgan fingerprint density at radius 1 is 1.06 bits per heavy atom. The Hall–Kier alpha value is -5.39. The maximum absolute atomic E-state index is 14.7. The van der Waals surface area contributed by atoms with Gasteiger partial charge >= 0.3 is 16.3 Å². The molecule has 0 saturated heterocycles. The second-order valence-corrected chi connectivity index (χ2v) is 21.7. The molecule has 3 aliphatic rings. The molecular formula is C48H61N7O8S2. The van der Waals surface area contributed by atoms with Crippen molar-refractivity contribution in [2.45, 2.75) is 129 Å². The van der Waals surface area contributed by atoms with Crippen LogP contribution in [0.5, 0.6) is 6.01 Å². The highest BCUT2D eigenvalue weighted by Gasteiger charge is 2.61. The maximum atomic E-state index is 14.7. The zero-order valence-electron chi connectivity index (χ0n) is 38.5. The molecule has 1 saturated carbocycles. The first-order valence-electron chi connectivity index (χ1n) is 22.4. The van der Waals surface area contributed by atoms with E-state index >= 15 is 0 Å². The molecule has 15 nitrogen and oxygen atoms in total. The van der Waals surface area contributed by atoms with Crippen LogP contribution in [0.15, 0.2) is 71.6 Å². The molecule has 2 aliphatic carbocycles. The number of thiazole rings is 1. The van der Waals surface area contributed by atoms with E-state index in [1.807, 2.05) is 48.8 Å².